The first-order valence-electron chi connectivity index (χ1n) is 22.1. The summed E-state index contributed by atoms with van der Waals surface area (Å²) in [5, 5.41) is 13.4. The van der Waals surface area contributed by atoms with Crippen LogP contribution in [0, 0.1) is 0 Å². The van der Waals surface area contributed by atoms with Crippen LogP contribution in [0.4, 0.5) is 0 Å². The Morgan fingerprint density at radius 1 is 0.364 bits per heavy atom. The molecule has 0 aliphatic heterocycles. The molecule has 0 saturated heterocycles. The number of furan rings is 2. The highest BCUT2D eigenvalue weighted by Gasteiger charge is 2.27. The lowest BCUT2D eigenvalue weighted by Gasteiger charge is -2.19. The fourth-order valence-electron chi connectivity index (χ4n) is 10.4. The second-order valence-corrected chi connectivity index (χ2v) is 18.1. The fourth-order valence-corrected chi connectivity index (χ4v) is 11.7. The lowest BCUT2D eigenvalue weighted by atomic mass is 9.96. The van der Waals surface area contributed by atoms with Crippen LogP contribution >= 0.6 is 11.3 Å². The Hall–Kier alpha value is -8.65. The van der Waals surface area contributed by atoms with Crippen molar-refractivity contribution in [3.63, 3.8) is 0 Å². The zero-order valence-corrected chi connectivity index (χ0v) is 35.8. The van der Waals surface area contributed by atoms with Gasteiger partial charge in [0.05, 0.1) is 22.3 Å². The van der Waals surface area contributed by atoms with Crippen LogP contribution in [-0.4, -0.2) is 19.5 Å². The van der Waals surface area contributed by atoms with E-state index in [2.05, 4.69) is 150 Å². The molecule has 15 aromatic rings. The zero-order chi connectivity index (χ0) is 43.0. The van der Waals surface area contributed by atoms with Crippen LogP contribution in [0.2, 0.25) is 0 Å². The van der Waals surface area contributed by atoms with E-state index < -0.39 is 0 Å². The predicted molar refractivity (Wildman–Crippen MR) is 273 cm³/mol. The van der Waals surface area contributed by atoms with E-state index >= 15 is 0 Å². The standard InChI is InChI=1S/C59H32N4O2S/c1-2-14-34-32-47-43(29-33(34)13-1)37-15-5-9-21-46(37)63(47)55-53-42-20-8-12-24-52(42)66-56(53)41-19-4-3-18-40(41)54(55)59-61-57(35-25-27-50-44(30-35)38-16-6-10-22-48(38)64-50)60-58(62-59)36-26-28-51-45(31-36)39-17-7-11-23-49(39)65-51/h1-32H. The van der Waals surface area contributed by atoms with Crippen LogP contribution in [0.3, 0.4) is 0 Å². The van der Waals surface area contributed by atoms with E-state index in [0.29, 0.717) is 17.5 Å². The first kappa shape index (κ1) is 35.8. The molecule has 5 aromatic heterocycles. The van der Waals surface area contributed by atoms with Gasteiger partial charge in [0, 0.05) is 69.0 Å². The molecule has 0 unspecified atom stereocenters. The summed E-state index contributed by atoms with van der Waals surface area (Å²) < 4.78 is 17.5. The number of fused-ring (bicyclic) bond motifs is 15. The number of benzene rings is 10. The number of hydrogen-bond acceptors (Lipinski definition) is 6. The van der Waals surface area contributed by atoms with Crippen LogP contribution < -0.4 is 0 Å². The van der Waals surface area contributed by atoms with Gasteiger partial charge in [0.1, 0.15) is 22.3 Å². The minimum Gasteiger partial charge on any atom is -0.456 e. The number of para-hydroxylation sites is 3. The van der Waals surface area contributed by atoms with Crippen molar-refractivity contribution in [3.05, 3.63) is 194 Å². The minimum atomic E-state index is 0.567. The molecule has 0 N–H and O–H groups in total. The van der Waals surface area contributed by atoms with Gasteiger partial charge in [-0.15, -0.1) is 11.3 Å². The second-order valence-electron chi connectivity index (χ2n) is 17.1. The molecule has 0 fully saturated rings. The molecule has 15 rings (SSSR count). The third kappa shape index (κ3) is 5.08. The Kier molecular flexibility index (Phi) is 7.28. The maximum atomic E-state index is 6.30. The van der Waals surface area contributed by atoms with Crippen molar-refractivity contribution in [2.45, 2.75) is 0 Å². The van der Waals surface area contributed by atoms with Gasteiger partial charge in [-0.1, -0.05) is 121 Å². The number of nitrogens with zero attached hydrogens (tertiary/aromatic N) is 4. The monoisotopic (exact) mass is 860 g/mol. The van der Waals surface area contributed by atoms with Crippen LogP contribution in [0.25, 0.3) is 147 Å². The summed E-state index contributed by atoms with van der Waals surface area (Å²) in [6, 6.07) is 68.5. The normalized spacial score (nSPS) is 12.2. The molecule has 0 saturated carbocycles. The predicted octanol–water partition coefficient (Wildman–Crippen LogP) is 16.4. The van der Waals surface area contributed by atoms with Crippen LogP contribution in [0.15, 0.2) is 203 Å². The average Bonchev–Trinajstić information content (AvgIpc) is 4.14. The zero-order valence-electron chi connectivity index (χ0n) is 35.0. The molecule has 6 nitrogen and oxygen atoms in total. The lowest BCUT2D eigenvalue weighted by Crippen LogP contribution is -2.05. The van der Waals surface area contributed by atoms with E-state index in [1.54, 1.807) is 0 Å². The molecule has 0 aliphatic carbocycles. The smallest absolute Gasteiger partial charge is 0.166 e. The van der Waals surface area contributed by atoms with Gasteiger partial charge in [0.15, 0.2) is 17.5 Å². The van der Waals surface area contributed by atoms with Gasteiger partial charge in [-0.2, -0.15) is 0 Å². The lowest BCUT2D eigenvalue weighted by molar-refractivity contribution is 0.668. The van der Waals surface area contributed by atoms with Gasteiger partial charge >= 0.3 is 0 Å². The maximum Gasteiger partial charge on any atom is 0.166 e. The first-order chi connectivity index (χ1) is 32.7. The maximum absolute atomic E-state index is 6.30. The first-order valence-corrected chi connectivity index (χ1v) is 22.9. The summed E-state index contributed by atoms with van der Waals surface area (Å²) in [7, 11) is 0. The molecule has 10 aromatic carbocycles. The summed E-state index contributed by atoms with van der Waals surface area (Å²) in [5.41, 5.74) is 9.25. The van der Waals surface area contributed by atoms with Gasteiger partial charge in [0.2, 0.25) is 0 Å². The molecule has 306 valence electrons. The van der Waals surface area contributed by atoms with E-state index in [1.165, 1.54) is 41.7 Å². The molecule has 0 amide bonds. The third-order valence-corrected chi connectivity index (χ3v) is 14.6. The molecular formula is C59H32N4O2S. The number of thiophene rings is 1. The SMILES string of the molecule is c1ccc2cc3c(cc2c1)c1ccccc1n3-c1c(-c2nc(-c3ccc4oc5ccccc5c4c3)nc(-c3ccc4oc5ccccc5c4c3)n2)c2ccccc2c2sc3ccccc3c12. The summed E-state index contributed by atoms with van der Waals surface area (Å²) in [6.45, 7) is 0. The number of hydrogen-bond donors (Lipinski definition) is 0. The van der Waals surface area contributed by atoms with Crippen molar-refractivity contribution in [3.8, 4) is 39.9 Å². The van der Waals surface area contributed by atoms with Gasteiger partial charge in [0.25, 0.3) is 0 Å². The quantitative estimate of drug-likeness (QED) is 0.176. The minimum absolute atomic E-state index is 0.567. The van der Waals surface area contributed by atoms with E-state index in [-0.39, 0.29) is 0 Å². The summed E-state index contributed by atoms with van der Waals surface area (Å²) in [4.78, 5) is 16.5. The van der Waals surface area contributed by atoms with Crippen molar-refractivity contribution in [2.24, 2.45) is 0 Å². The Labute approximate surface area is 379 Å². The van der Waals surface area contributed by atoms with E-state index in [0.717, 1.165) is 88.1 Å². The van der Waals surface area contributed by atoms with Gasteiger partial charge in [-0.3, -0.25) is 0 Å². The van der Waals surface area contributed by atoms with E-state index in [1.807, 2.05) is 59.9 Å². The Bertz CT molecular complexity index is 4420. The topological polar surface area (TPSA) is 69.9 Å². The number of rotatable bonds is 4. The molecule has 66 heavy (non-hydrogen) atoms. The van der Waals surface area contributed by atoms with Crippen molar-refractivity contribution in [1.82, 2.24) is 19.5 Å². The van der Waals surface area contributed by atoms with Crippen molar-refractivity contribution in [2.75, 3.05) is 0 Å². The third-order valence-electron chi connectivity index (χ3n) is 13.4. The van der Waals surface area contributed by atoms with Crippen molar-refractivity contribution < 1.29 is 8.83 Å². The Morgan fingerprint density at radius 2 is 0.879 bits per heavy atom. The van der Waals surface area contributed by atoms with Crippen LogP contribution in [-0.2, 0) is 0 Å². The highest BCUT2D eigenvalue weighted by Crippen LogP contribution is 2.50. The second kappa shape index (κ2) is 13.4. The highest BCUT2D eigenvalue weighted by molar-refractivity contribution is 7.26. The van der Waals surface area contributed by atoms with E-state index in [9.17, 15) is 0 Å². The Balaban J connectivity index is 1.12. The molecular weight excluding hydrogens is 829 g/mol. The van der Waals surface area contributed by atoms with Gasteiger partial charge < -0.3 is 13.4 Å². The fraction of sp³-hybridized carbons (Fsp3) is 0. The molecule has 0 aliphatic rings. The van der Waals surface area contributed by atoms with E-state index in [4.69, 9.17) is 23.8 Å². The van der Waals surface area contributed by atoms with Crippen LogP contribution in [0.5, 0.6) is 0 Å². The summed E-state index contributed by atoms with van der Waals surface area (Å²) in [6.07, 6.45) is 0. The van der Waals surface area contributed by atoms with Crippen LogP contribution in [0.1, 0.15) is 0 Å². The molecule has 5 heterocycles. The molecule has 0 spiro atoms. The summed E-state index contributed by atoms with van der Waals surface area (Å²) in [5.74, 6) is 1.72. The Morgan fingerprint density at radius 3 is 1.56 bits per heavy atom. The molecule has 7 heteroatoms. The highest BCUT2D eigenvalue weighted by atomic mass is 32.1. The largest absolute Gasteiger partial charge is 0.456 e. The van der Waals surface area contributed by atoms with Crippen molar-refractivity contribution >= 4 is 119 Å². The van der Waals surface area contributed by atoms with Gasteiger partial charge in [-0.05, 0) is 89.0 Å². The van der Waals surface area contributed by atoms with Gasteiger partial charge in [-0.25, -0.2) is 15.0 Å². The summed E-state index contributed by atoms with van der Waals surface area (Å²) >= 11 is 1.84. The molecule has 0 bridgehead atoms. The number of aromatic nitrogens is 4. The van der Waals surface area contributed by atoms with Crippen molar-refractivity contribution in [1.29, 1.82) is 0 Å². The average molecular weight is 861 g/mol. The molecule has 0 atom stereocenters. The molecule has 0 radical (unpaired) electrons.